The van der Waals surface area contributed by atoms with Crippen molar-refractivity contribution in [1.29, 1.82) is 0 Å². The highest BCUT2D eigenvalue weighted by atomic mass is 19.1. The lowest BCUT2D eigenvalue weighted by Crippen LogP contribution is -2.47. The molecule has 1 aromatic carbocycles. The van der Waals surface area contributed by atoms with Crippen molar-refractivity contribution in [3.05, 3.63) is 58.4 Å². The zero-order chi connectivity index (χ0) is 24.1. The zero-order valence-corrected chi connectivity index (χ0v) is 19.3. The van der Waals surface area contributed by atoms with Crippen LogP contribution in [-0.4, -0.2) is 62.4 Å². The third-order valence-electron chi connectivity index (χ3n) is 5.96. The Morgan fingerprint density at radius 1 is 1.12 bits per heavy atom. The molecule has 0 spiro atoms. The van der Waals surface area contributed by atoms with Crippen LogP contribution in [0.25, 0.3) is 6.08 Å². The number of piperazine rings is 1. The highest BCUT2D eigenvalue weighted by molar-refractivity contribution is 5.92. The molecule has 0 saturated carbocycles. The molecule has 176 valence electrons. The number of nitrogens with one attached hydrogen (secondary N) is 2. The molecule has 1 saturated heterocycles. The average Bonchev–Trinajstić information content (AvgIpc) is 2.83. The van der Waals surface area contributed by atoms with Crippen LogP contribution in [0.3, 0.4) is 0 Å². The van der Waals surface area contributed by atoms with Gasteiger partial charge in [0, 0.05) is 57.4 Å². The highest BCUT2D eigenvalue weighted by Gasteiger charge is 2.27. The van der Waals surface area contributed by atoms with Crippen molar-refractivity contribution in [3.8, 4) is 0 Å². The molecule has 7 nitrogen and oxygen atoms in total. The summed E-state index contributed by atoms with van der Waals surface area (Å²) in [6.45, 7) is 5.92. The molecule has 1 aromatic heterocycles. The van der Waals surface area contributed by atoms with Gasteiger partial charge in [0.1, 0.15) is 12.0 Å². The number of allylic oxidation sites excluding steroid dienone is 1. The fourth-order valence-electron chi connectivity index (χ4n) is 4.05. The van der Waals surface area contributed by atoms with E-state index in [9.17, 15) is 14.0 Å². The van der Waals surface area contributed by atoms with Gasteiger partial charge in [-0.15, -0.1) is 0 Å². The first-order chi connectivity index (χ1) is 15.8. The average molecular weight is 458 g/mol. The summed E-state index contributed by atoms with van der Waals surface area (Å²) in [6, 6.07) is 6.43. The molecule has 0 aliphatic carbocycles. The van der Waals surface area contributed by atoms with Crippen molar-refractivity contribution in [1.82, 2.24) is 15.2 Å². The van der Waals surface area contributed by atoms with Gasteiger partial charge < -0.3 is 15.5 Å². The van der Waals surface area contributed by atoms with E-state index in [1.807, 2.05) is 11.8 Å². The van der Waals surface area contributed by atoms with Gasteiger partial charge in [-0.05, 0) is 37.6 Å². The van der Waals surface area contributed by atoms with Gasteiger partial charge in [-0.2, -0.15) is 4.39 Å². The van der Waals surface area contributed by atoms with E-state index in [4.69, 9.17) is 0 Å². The van der Waals surface area contributed by atoms with E-state index in [1.54, 1.807) is 38.2 Å². The van der Waals surface area contributed by atoms with Crippen LogP contribution in [0.5, 0.6) is 0 Å². The van der Waals surface area contributed by atoms with Crippen molar-refractivity contribution in [2.75, 3.05) is 50.5 Å². The number of nitrogens with zero attached hydrogens (tertiary/aromatic N) is 3. The third kappa shape index (κ3) is 5.19. The summed E-state index contributed by atoms with van der Waals surface area (Å²) in [7, 11) is 3.12. The quantitative estimate of drug-likeness (QED) is 0.378. The molecule has 2 N–H and O–H groups in total. The molecule has 2 heterocycles. The van der Waals surface area contributed by atoms with Crippen LogP contribution in [-0.2, 0) is 4.79 Å². The lowest BCUT2D eigenvalue weighted by atomic mass is 10.00. The lowest BCUT2D eigenvalue weighted by Gasteiger charge is -2.39. The summed E-state index contributed by atoms with van der Waals surface area (Å²) in [5.74, 6) is -1.47. The normalized spacial score (nSPS) is 15.8. The monoisotopic (exact) mass is 457 g/mol. The molecule has 0 radical (unpaired) electrons. The zero-order valence-electron chi connectivity index (χ0n) is 19.3. The predicted molar refractivity (Wildman–Crippen MR) is 125 cm³/mol. The number of halogens is 2. The molecule has 3 rings (SSSR count). The Morgan fingerprint density at radius 3 is 2.39 bits per heavy atom. The molecule has 1 atom stereocenters. The largest absolute Gasteiger partial charge is 0.385 e. The smallest absolute Gasteiger partial charge is 0.269 e. The fourth-order valence-corrected chi connectivity index (χ4v) is 4.05. The fraction of sp³-hybridized carbons (Fsp3) is 0.375. The number of hydrogen-bond acceptors (Lipinski definition) is 6. The van der Waals surface area contributed by atoms with E-state index in [1.165, 1.54) is 13.1 Å². The number of aromatic nitrogens is 1. The van der Waals surface area contributed by atoms with Gasteiger partial charge in [0.25, 0.3) is 5.91 Å². The molecule has 1 unspecified atom stereocenters. The number of rotatable bonds is 7. The molecular weight excluding hydrogens is 428 g/mol. The number of hydrogen-bond donors (Lipinski definition) is 2. The van der Waals surface area contributed by atoms with Gasteiger partial charge in [-0.25, -0.2) is 9.37 Å². The van der Waals surface area contributed by atoms with Crippen LogP contribution in [0.4, 0.5) is 20.2 Å². The van der Waals surface area contributed by atoms with E-state index >= 15 is 4.39 Å². The number of pyridine rings is 1. The van der Waals surface area contributed by atoms with Gasteiger partial charge >= 0.3 is 0 Å². The highest BCUT2D eigenvalue weighted by Crippen LogP contribution is 2.32. The van der Waals surface area contributed by atoms with Crippen LogP contribution >= 0.6 is 0 Å². The molecule has 1 fully saturated rings. The Labute approximate surface area is 192 Å². The Bertz CT molecular complexity index is 1070. The minimum absolute atomic E-state index is 0.0310. The van der Waals surface area contributed by atoms with Gasteiger partial charge in [0.05, 0.1) is 11.4 Å². The topological polar surface area (TPSA) is 77.6 Å². The van der Waals surface area contributed by atoms with Gasteiger partial charge in [0.15, 0.2) is 5.82 Å². The molecule has 1 aliphatic rings. The van der Waals surface area contributed by atoms with Crippen LogP contribution in [0.15, 0.2) is 29.8 Å². The summed E-state index contributed by atoms with van der Waals surface area (Å²) in [6.07, 6.45) is 2.38. The van der Waals surface area contributed by atoms with Crippen molar-refractivity contribution in [2.45, 2.75) is 19.9 Å². The maximum absolute atomic E-state index is 15.3. The number of benzene rings is 1. The van der Waals surface area contributed by atoms with Crippen LogP contribution < -0.4 is 15.5 Å². The van der Waals surface area contributed by atoms with Gasteiger partial charge in [0.2, 0.25) is 5.95 Å². The maximum Gasteiger partial charge on any atom is 0.269 e. The number of carbonyl (C=O) groups is 2. The number of amides is 1. The summed E-state index contributed by atoms with van der Waals surface area (Å²) in [5, 5.41) is 5.33. The summed E-state index contributed by atoms with van der Waals surface area (Å²) < 4.78 is 29.8. The van der Waals surface area contributed by atoms with Crippen LogP contribution in [0.2, 0.25) is 0 Å². The number of anilines is 2. The SMILES string of the molecule is CNC(=O)c1ccc(N2CCN(C(C)c3ccc(/C=C(/C)C=O)c(NC)c3F)CC2)c(F)n1. The minimum atomic E-state index is -0.684. The Hall–Kier alpha value is -3.33. The Balaban J connectivity index is 1.74. The minimum Gasteiger partial charge on any atom is -0.385 e. The number of aldehydes is 1. The summed E-state index contributed by atoms with van der Waals surface area (Å²) >= 11 is 0. The molecule has 9 heteroatoms. The summed E-state index contributed by atoms with van der Waals surface area (Å²) in [5.41, 5.74) is 2.40. The number of carbonyl (C=O) groups excluding carboxylic acids is 2. The van der Waals surface area contributed by atoms with Crippen molar-refractivity contribution in [3.63, 3.8) is 0 Å². The predicted octanol–water partition coefficient (Wildman–Crippen LogP) is 3.25. The molecule has 33 heavy (non-hydrogen) atoms. The van der Waals surface area contributed by atoms with Gasteiger partial charge in [-0.1, -0.05) is 12.1 Å². The van der Waals surface area contributed by atoms with E-state index in [0.29, 0.717) is 54.3 Å². The molecule has 0 bridgehead atoms. The Kier molecular flexibility index (Phi) is 7.75. The van der Waals surface area contributed by atoms with E-state index in [-0.39, 0.29) is 17.6 Å². The first-order valence-corrected chi connectivity index (χ1v) is 10.8. The second kappa shape index (κ2) is 10.5. The van der Waals surface area contributed by atoms with Crippen molar-refractivity contribution < 1.29 is 18.4 Å². The van der Waals surface area contributed by atoms with Crippen molar-refractivity contribution >= 4 is 29.6 Å². The van der Waals surface area contributed by atoms with E-state index < -0.39 is 11.9 Å². The van der Waals surface area contributed by atoms with Crippen LogP contribution in [0, 0.1) is 11.8 Å². The maximum atomic E-state index is 15.3. The van der Waals surface area contributed by atoms with Crippen molar-refractivity contribution in [2.24, 2.45) is 0 Å². The lowest BCUT2D eigenvalue weighted by molar-refractivity contribution is -0.104. The molecule has 2 aromatic rings. The first-order valence-electron chi connectivity index (χ1n) is 10.8. The summed E-state index contributed by atoms with van der Waals surface area (Å²) in [4.78, 5) is 30.4. The Morgan fingerprint density at radius 2 is 1.82 bits per heavy atom. The molecule has 1 aliphatic heterocycles. The van der Waals surface area contributed by atoms with Gasteiger partial charge in [-0.3, -0.25) is 14.5 Å². The second-order valence-electron chi connectivity index (χ2n) is 7.97. The van der Waals surface area contributed by atoms with E-state index in [2.05, 4.69) is 20.5 Å². The molecular formula is C24H29F2N5O2. The van der Waals surface area contributed by atoms with Crippen LogP contribution in [0.1, 0.15) is 41.5 Å². The first kappa shape index (κ1) is 24.3. The standard InChI is InChI=1S/C24H29F2N5O2/c1-15(14-32)13-17-5-6-18(21(25)22(17)27-3)16(2)30-9-11-31(12-10-30)20-8-7-19(24(33)28-4)29-23(20)26/h5-8,13-14,16,27H,9-12H2,1-4H3,(H,28,33)/b15-13-. The molecule has 1 amide bonds. The van der Waals surface area contributed by atoms with E-state index in [0.717, 1.165) is 6.29 Å². The second-order valence-corrected chi connectivity index (χ2v) is 7.97. The third-order valence-corrected chi connectivity index (χ3v) is 5.96.